The fourth-order valence-corrected chi connectivity index (χ4v) is 2.84. The standard InChI is InChI=1S/C19H28N4O2/c1-12(2)11-23-14(4)16(13(3)22-23)7-9-19(24)21-18-10-15(25-5)6-8-17(18)20/h6,8,10,12H,7,9,11,20H2,1-5H3,(H,21,24). The third-order valence-electron chi connectivity index (χ3n) is 4.21. The highest BCUT2D eigenvalue weighted by Crippen LogP contribution is 2.25. The Kier molecular flexibility index (Phi) is 6.07. The van der Waals surface area contributed by atoms with E-state index in [1.165, 1.54) is 0 Å². The number of nitrogen functional groups attached to an aromatic ring is 1. The molecular formula is C19H28N4O2. The lowest BCUT2D eigenvalue weighted by molar-refractivity contribution is -0.116. The molecule has 1 heterocycles. The molecule has 0 saturated heterocycles. The Hall–Kier alpha value is -2.50. The largest absolute Gasteiger partial charge is 0.497 e. The molecule has 6 nitrogen and oxygen atoms in total. The molecule has 0 bridgehead atoms. The number of ether oxygens (including phenoxy) is 1. The summed E-state index contributed by atoms with van der Waals surface area (Å²) in [5, 5.41) is 7.46. The number of nitrogens with zero attached hydrogens (tertiary/aromatic N) is 2. The van der Waals surface area contributed by atoms with Crippen LogP contribution in [0.5, 0.6) is 5.75 Å². The number of carbonyl (C=O) groups is 1. The van der Waals surface area contributed by atoms with Crippen LogP contribution in [-0.2, 0) is 17.8 Å². The summed E-state index contributed by atoms with van der Waals surface area (Å²) < 4.78 is 7.20. The summed E-state index contributed by atoms with van der Waals surface area (Å²) in [5.41, 5.74) is 10.3. The number of amides is 1. The van der Waals surface area contributed by atoms with Crippen molar-refractivity contribution in [3.63, 3.8) is 0 Å². The van der Waals surface area contributed by atoms with Gasteiger partial charge in [-0.25, -0.2) is 0 Å². The molecule has 6 heteroatoms. The van der Waals surface area contributed by atoms with Gasteiger partial charge in [0.1, 0.15) is 5.75 Å². The molecule has 1 aromatic carbocycles. The molecule has 0 atom stereocenters. The van der Waals surface area contributed by atoms with Crippen LogP contribution in [0.2, 0.25) is 0 Å². The van der Waals surface area contributed by atoms with Crippen molar-refractivity contribution >= 4 is 17.3 Å². The second kappa shape index (κ2) is 8.05. The van der Waals surface area contributed by atoms with Crippen LogP contribution >= 0.6 is 0 Å². The van der Waals surface area contributed by atoms with E-state index in [0.717, 1.165) is 23.5 Å². The van der Waals surface area contributed by atoms with Crippen molar-refractivity contribution in [1.82, 2.24) is 9.78 Å². The van der Waals surface area contributed by atoms with E-state index in [1.54, 1.807) is 25.3 Å². The Balaban J connectivity index is 2.02. The minimum atomic E-state index is -0.0737. The van der Waals surface area contributed by atoms with E-state index in [4.69, 9.17) is 10.5 Å². The van der Waals surface area contributed by atoms with E-state index in [2.05, 4.69) is 31.2 Å². The van der Waals surface area contributed by atoms with Crippen molar-refractivity contribution in [2.24, 2.45) is 5.92 Å². The van der Waals surface area contributed by atoms with E-state index in [1.807, 2.05) is 11.6 Å². The number of hydrogen-bond donors (Lipinski definition) is 2. The van der Waals surface area contributed by atoms with Gasteiger partial charge in [0, 0.05) is 24.7 Å². The van der Waals surface area contributed by atoms with Gasteiger partial charge in [-0.05, 0) is 43.9 Å². The van der Waals surface area contributed by atoms with Gasteiger partial charge in [0.05, 0.1) is 24.2 Å². The normalized spacial score (nSPS) is 11.0. The number of nitrogens with one attached hydrogen (secondary N) is 1. The Labute approximate surface area is 149 Å². The van der Waals surface area contributed by atoms with Crippen molar-refractivity contribution in [2.45, 2.75) is 47.1 Å². The van der Waals surface area contributed by atoms with Crippen LogP contribution in [0, 0.1) is 19.8 Å². The fraction of sp³-hybridized carbons (Fsp3) is 0.474. The smallest absolute Gasteiger partial charge is 0.224 e. The van der Waals surface area contributed by atoms with Gasteiger partial charge in [0.15, 0.2) is 0 Å². The van der Waals surface area contributed by atoms with E-state index in [-0.39, 0.29) is 5.91 Å². The van der Waals surface area contributed by atoms with Crippen LogP contribution in [0.4, 0.5) is 11.4 Å². The van der Waals surface area contributed by atoms with E-state index in [0.29, 0.717) is 35.9 Å². The van der Waals surface area contributed by atoms with E-state index >= 15 is 0 Å². The summed E-state index contributed by atoms with van der Waals surface area (Å²) in [6.45, 7) is 9.29. The fourth-order valence-electron chi connectivity index (χ4n) is 2.84. The molecule has 0 spiro atoms. The second-order valence-corrected chi connectivity index (χ2v) is 6.73. The highest BCUT2D eigenvalue weighted by molar-refractivity contribution is 5.94. The molecule has 0 fully saturated rings. The second-order valence-electron chi connectivity index (χ2n) is 6.73. The predicted molar refractivity (Wildman–Crippen MR) is 101 cm³/mol. The van der Waals surface area contributed by atoms with Gasteiger partial charge in [-0.15, -0.1) is 0 Å². The average Bonchev–Trinajstić information content (AvgIpc) is 2.81. The molecule has 0 aliphatic rings. The molecule has 0 unspecified atom stereocenters. The third kappa shape index (κ3) is 4.75. The molecule has 0 aliphatic carbocycles. The number of benzene rings is 1. The maximum Gasteiger partial charge on any atom is 0.224 e. The maximum absolute atomic E-state index is 12.3. The van der Waals surface area contributed by atoms with Gasteiger partial charge in [0.25, 0.3) is 0 Å². The van der Waals surface area contributed by atoms with Crippen LogP contribution in [0.3, 0.4) is 0 Å². The van der Waals surface area contributed by atoms with Gasteiger partial charge in [-0.2, -0.15) is 5.10 Å². The summed E-state index contributed by atoms with van der Waals surface area (Å²) in [7, 11) is 1.58. The van der Waals surface area contributed by atoms with Crippen molar-refractivity contribution in [2.75, 3.05) is 18.2 Å². The Bertz CT molecular complexity index is 750. The molecule has 2 aromatic rings. The average molecular weight is 344 g/mol. The first-order valence-electron chi connectivity index (χ1n) is 8.58. The zero-order valence-corrected chi connectivity index (χ0v) is 15.7. The number of aromatic nitrogens is 2. The van der Waals surface area contributed by atoms with Gasteiger partial charge in [0.2, 0.25) is 5.91 Å². The van der Waals surface area contributed by atoms with E-state index < -0.39 is 0 Å². The number of carbonyl (C=O) groups excluding carboxylic acids is 1. The Morgan fingerprint density at radius 1 is 1.36 bits per heavy atom. The molecule has 2 rings (SSSR count). The first kappa shape index (κ1) is 18.8. The molecule has 0 aliphatic heterocycles. The van der Waals surface area contributed by atoms with E-state index in [9.17, 15) is 4.79 Å². The topological polar surface area (TPSA) is 82.2 Å². The van der Waals surface area contributed by atoms with Crippen LogP contribution in [0.1, 0.15) is 37.2 Å². The number of nitrogens with two attached hydrogens (primary N) is 1. The number of aryl methyl sites for hydroxylation is 1. The maximum atomic E-state index is 12.3. The molecule has 1 aromatic heterocycles. The summed E-state index contributed by atoms with van der Waals surface area (Å²) in [6.07, 6.45) is 1.04. The van der Waals surface area contributed by atoms with Crippen LogP contribution in [0.15, 0.2) is 18.2 Å². The molecule has 25 heavy (non-hydrogen) atoms. The third-order valence-corrected chi connectivity index (χ3v) is 4.21. The Morgan fingerprint density at radius 2 is 2.08 bits per heavy atom. The highest BCUT2D eigenvalue weighted by atomic mass is 16.5. The lowest BCUT2D eigenvalue weighted by Crippen LogP contribution is -2.14. The lowest BCUT2D eigenvalue weighted by atomic mass is 10.1. The summed E-state index contributed by atoms with van der Waals surface area (Å²) in [5.74, 6) is 1.12. The van der Waals surface area contributed by atoms with Crippen LogP contribution in [0.25, 0.3) is 0 Å². The number of anilines is 2. The number of hydrogen-bond acceptors (Lipinski definition) is 4. The minimum Gasteiger partial charge on any atom is -0.497 e. The molecule has 1 amide bonds. The molecular weight excluding hydrogens is 316 g/mol. The Morgan fingerprint density at radius 3 is 2.72 bits per heavy atom. The predicted octanol–water partition coefficient (Wildman–Crippen LogP) is 3.32. The monoisotopic (exact) mass is 344 g/mol. The zero-order valence-electron chi connectivity index (χ0n) is 15.7. The quantitative estimate of drug-likeness (QED) is 0.755. The number of methoxy groups -OCH3 is 1. The number of rotatable bonds is 7. The summed E-state index contributed by atoms with van der Waals surface area (Å²) in [4.78, 5) is 12.3. The van der Waals surface area contributed by atoms with Crippen molar-refractivity contribution in [3.8, 4) is 5.75 Å². The minimum absolute atomic E-state index is 0.0737. The van der Waals surface area contributed by atoms with Gasteiger partial charge < -0.3 is 15.8 Å². The SMILES string of the molecule is COc1ccc(N)c(NC(=O)CCc2c(C)nn(CC(C)C)c2C)c1. The zero-order chi connectivity index (χ0) is 18.6. The lowest BCUT2D eigenvalue weighted by Gasteiger charge is -2.10. The first-order valence-corrected chi connectivity index (χ1v) is 8.58. The first-order chi connectivity index (χ1) is 11.8. The highest BCUT2D eigenvalue weighted by Gasteiger charge is 2.14. The van der Waals surface area contributed by atoms with Crippen molar-refractivity contribution in [3.05, 3.63) is 35.2 Å². The van der Waals surface area contributed by atoms with Gasteiger partial charge in [-0.3, -0.25) is 9.48 Å². The summed E-state index contributed by atoms with van der Waals surface area (Å²) in [6, 6.07) is 5.21. The summed E-state index contributed by atoms with van der Waals surface area (Å²) >= 11 is 0. The van der Waals surface area contributed by atoms with Gasteiger partial charge in [-0.1, -0.05) is 13.8 Å². The molecule has 0 radical (unpaired) electrons. The van der Waals surface area contributed by atoms with Crippen LogP contribution in [-0.4, -0.2) is 22.8 Å². The molecule has 136 valence electrons. The molecule has 3 N–H and O–H groups in total. The van der Waals surface area contributed by atoms with Gasteiger partial charge >= 0.3 is 0 Å². The molecule has 0 saturated carbocycles. The van der Waals surface area contributed by atoms with Crippen LogP contribution < -0.4 is 15.8 Å². The van der Waals surface area contributed by atoms with Crippen molar-refractivity contribution < 1.29 is 9.53 Å². The van der Waals surface area contributed by atoms with Crippen molar-refractivity contribution in [1.29, 1.82) is 0 Å².